The summed E-state index contributed by atoms with van der Waals surface area (Å²) in [5.74, 6) is 0.0769. The summed E-state index contributed by atoms with van der Waals surface area (Å²) in [7, 11) is 0. The highest BCUT2D eigenvalue weighted by Crippen LogP contribution is 2.16. The van der Waals surface area contributed by atoms with Crippen molar-refractivity contribution in [2.45, 2.75) is 13.0 Å². The zero-order chi connectivity index (χ0) is 14.8. The summed E-state index contributed by atoms with van der Waals surface area (Å²) < 4.78 is 2.01. The van der Waals surface area contributed by atoms with Gasteiger partial charge in [-0.15, -0.1) is 0 Å². The summed E-state index contributed by atoms with van der Waals surface area (Å²) >= 11 is 5.87. The van der Waals surface area contributed by atoms with Crippen molar-refractivity contribution in [2.24, 2.45) is 0 Å². The Morgan fingerprint density at radius 1 is 1.00 bits per heavy atom. The highest BCUT2D eigenvalue weighted by atomic mass is 35.5. The van der Waals surface area contributed by atoms with E-state index in [1.807, 2.05) is 54.1 Å². The van der Waals surface area contributed by atoms with E-state index in [1.54, 1.807) is 24.3 Å². The van der Waals surface area contributed by atoms with Crippen molar-refractivity contribution in [1.82, 2.24) is 0 Å². The number of carbonyl (C=O) groups is 1. The lowest BCUT2D eigenvalue weighted by Gasteiger charge is -2.09. The molecule has 0 aliphatic rings. The summed E-state index contributed by atoms with van der Waals surface area (Å²) in [6, 6.07) is 18.8. The minimum Gasteiger partial charge on any atom is -0.287 e. The van der Waals surface area contributed by atoms with E-state index in [9.17, 15) is 4.79 Å². The fourth-order valence-corrected chi connectivity index (χ4v) is 2.63. The van der Waals surface area contributed by atoms with Gasteiger partial charge < -0.3 is 0 Å². The average Bonchev–Trinajstić information content (AvgIpc) is 2.53. The van der Waals surface area contributed by atoms with E-state index in [2.05, 4.69) is 0 Å². The molecule has 0 N–H and O–H groups in total. The Morgan fingerprint density at radius 3 is 2.43 bits per heavy atom. The molecule has 1 aromatic heterocycles. The molecule has 3 rings (SSSR count). The number of fused-ring (bicyclic) bond motifs is 1. The number of hydrogen-bond acceptors (Lipinski definition) is 1. The molecule has 1 heterocycles. The number of carbonyl (C=O) groups excluding carboxylic acids is 1. The number of rotatable bonds is 3. The number of nitrogens with zero attached hydrogens (tertiary/aromatic N) is 1. The summed E-state index contributed by atoms with van der Waals surface area (Å²) in [5, 5.41) is 1.76. The first kappa shape index (κ1) is 13.8. The summed E-state index contributed by atoms with van der Waals surface area (Å²) in [4.78, 5) is 12.6. The Kier molecular flexibility index (Phi) is 3.72. The second-order valence-electron chi connectivity index (χ2n) is 5.02. The molecule has 0 fully saturated rings. The van der Waals surface area contributed by atoms with Crippen LogP contribution in [0.4, 0.5) is 0 Å². The molecule has 0 aliphatic carbocycles. The minimum atomic E-state index is -0.266. The van der Waals surface area contributed by atoms with E-state index in [0.29, 0.717) is 10.6 Å². The molecule has 21 heavy (non-hydrogen) atoms. The van der Waals surface area contributed by atoms with Crippen molar-refractivity contribution in [3.8, 4) is 0 Å². The van der Waals surface area contributed by atoms with Crippen LogP contribution in [-0.4, -0.2) is 5.78 Å². The van der Waals surface area contributed by atoms with Crippen LogP contribution in [0.1, 0.15) is 23.3 Å². The van der Waals surface area contributed by atoms with Gasteiger partial charge in [0, 0.05) is 35.0 Å². The first-order chi connectivity index (χ1) is 10.2. The van der Waals surface area contributed by atoms with Crippen molar-refractivity contribution < 1.29 is 9.36 Å². The lowest BCUT2D eigenvalue weighted by atomic mass is 10.0. The van der Waals surface area contributed by atoms with Gasteiger partial charge in [0.1, 0.15) is 0 Å². The zero-order valence-corrected chi connectivity index (χ0v) is 12.4. The van der Waals surface area contributed by atoms with Crippen LogP contribution in [-0.2, 0) is 0 Å². The molecule has 0 saturated heterocycles. The van der Waals surface area contributed by atoms with Gasteiger partial charge in [0.15, 0.2) is 6.20 Å². The topological polar surface area (TPSA) is 20.9 Å². The summed E-state index contributed by atoms with van der Waals surface area (Å²) in [5.41, 5.74) is 1.72. The molecule has 3 heteroatoms. The standard InChI is InChI=1S/C18H15ClNO/c1-13(18(21)15-8-10-16(19)11-9-15)20-12-4-6-14-5-2-3-7-17(14)20/h2-13H,1H3/q+1. The largest absolute Gasteiger partial charge is 0.287 e. The molecule has 0 bridgehead atoms. The number of ketones is 1. The van der Waals surface area contributed by atoms with Crippen LogP contribution in [0.5, 0.6) is 0 Å². The number of halogens is 1. The van der Waals surface area contributed by atoms with Crippen molar-refractivity contribution in [3.63, 3.8) is 0 Å². The molecule has 2 nitrogen and oxygen atoms in total. The molecule has 1 unspecified atom stereocenters. The van der Waals surface area contributed by atoms with Crippen molar-refractivity contribution >= 4 is 28.3 Å². The number of aromatic nitrogens is 1. The summed E-state index contributed by atoms with van der Waals surface area (Å²) in [6.07, 6.45) is 1.95. The molecule has 0 saturated carbocycles. The van der Waals surface area contributed by atoms with Gasteiger partial charge in [0.05, 0.1) is 0 Å². The third-order valence-electron chi connectivity index (χ3n) is 3.66. The highest BCUT2D eigenvalue weighted by Gasteiger charge is 2.25. The van der Waals surface area contributed by atoms with Gasteiger partial charge in [0.25, 0.3) is 0 Å². The number of pyridine rings is 1. The zero-order valence-electron chi connectivity index (χ0n) is 11.7. The molecular formula is C18H15ClNO+. The Labute approximate surface area is 128 Å². The van der Waals surface area contributed by atoms with Crippen molar-refractivity contribution in [1.29, 1.82) is 0 Å². The molecule has 0 amide bonds. The average molecular weight is 297 g/mol. The van der Waals surface area contributed by atoms with Crippen LogP contribution in [0.2, 0.25) is 5.02 Å². The Bertz CT molecular complexity index is 790. The number of Topliss-reactive ketones (excluding diaryl/α,β-unsaturated/α-hetero) is 1. The third-order valence-corrected chi connectivity index (χ3v) is 3.91. The molecule has 1 atom stereocenters. The molecule has 0 aliphatic heterocycles. The van der Waals surface area contributed by atoms with E-state index in [1.165, 1.54) is 0 Å². The van der Waals surface area contributed by atoms with E-state index >= 15 is 0 Å². The van der Waals surface area contributed by atoms with Crippen molar-refractivity contribution in [3.05, 3.63) is 77.4 Å². The van der Waals surface area contributed by atoms with Crippen LogP contribution in [0.25, 0.3) is 10.9 Å². The normalized spacial score (nSPS) is 12.3. The minimum absolute atomic E-state index is 0.0769. The van der Waals surface area contributed by atoms with Gasteiger partial charge in [-0.3, -0.25) is 4.79 Å². The lowest BCUT2D eigenvalue weighted by molar-refractivity contribution is -0.679. The Balaban J connectivity index is 2.02. The van der Waals surface area contributed by atoms with Crippen molar-refractivity contribution in [2.75, 3.05) is 0 Å². The molecule has 3 aromatic rings. The molecule has 0 radical (unpaired) electrons. The Hall–Kier alpha value is -2.19. The molecule has 2 aromatic carbocycles. The maximum absolute atomic E-state index is 12.6. The van der Waals surface area contributed by atoms with E-state index in [4.69, 9.17) is 11.6 Å². The van der Waals surface area contributed by atoms with Crippen LogP contribution >= 0.6 is 11.6 Å². The third kappa shape index (κ3) is 2.67. The van der Waals surface area contributed by atoms with Crippen LogP contribution in [0, 0.1) is 0 Å². The van der Waals surface area contributed by atoms with E-state index in [0.717, 1.165) is 10.9 Å². The second kappa shape index (κ2) is 5.66. The summed E-state index contributed by atoms with van der Waals surface area (Å²) in [6.45, 7) is 1.92. The monoisotopic (exact) mass is 296 g/mol. The maximum atomic E-state index is 12.6. The maximum Gasteiger partial charge on any atom is 0.230 e. The lowest BCUT2D eigenvalue weighted by Crippen LogP contribution is -2.42. The first-order valence-corrected chi connectivity index (χ1v) is 7.23. The van der Waals surface area contributed by atoms with Crippen LogP contribution in [0.3, 0.4) is 0 Å². The van der Waals surface area contributed by atoms with Gasteiger partial charge >= 0.3 is 0 Å². The predicted octanol–water partition coefficient (Wildman–Crippen LogP) is 4.22. The first-order valence-electron chi connectivity index (χ1n) is 6.85. The molecule has 104 valence electrons. The van der Waals surface area contributed by atoms with Gasteiger partial charge in [-0.1, -0.05) is 23.7 Å². The van der Waals surface area contributed by atoms with Gasteiger partial charge in [-0.05, 0) is 36.4 Å². The number of benzene rings is 2. The fourth-order valence-electron chi connectivity index (χ4n) is 2.50. The predicted molar refractivity (Wildman–Crippen MR) is 84.6 cm³/mol. The van der Waals surface area contributed by atoms with Crippen LogP contribution < -0.4 is 4.57 Å². The molecule has 0 spiro atoms. The quantitative estimate of drug-likeness (QED) is 0.523. The van der Waals surface area contributed by atoms with Gasteiger partial charge in [-0.2, -0.15) is 4.57 Å². The van der Waals surface area contributed by atoms with Crippen LogP contribution in [0.15, 0.2) is 66.9 Å². The smallest absolute Gasteiger partial charge is 0.230 e. The van der Waals surface area contributed by atoms with Gasteiger partial charge in [0.2, 0.25) is 17.3 Å². The Morgan fingerprint density at radius 2 is 1.67 bits per heavy atom. The van der Waals surface area contributed by atoms with E-state index in [-0.39, 0.29) is 11.8 Å². The molecular weight excluding hydrogens is 282 g/mol. The fraction of sp³-hybridized carbons (Fsp3) is 0.111. The number of hydrogen-bond donors (Lipinski definition) is 0. The highest BCUT2D eigenvalue weighted by molar-refractivity contribution is 6.30. The van der Waals surface area contributed by atoms with E-state index < -0.39 is 0 Å². The number of para-hydroxylation sites is 1. The SMILES string of the molecule is CC(C(=O)c1ccc(Cl)cc1)[n+]1cccc2ccccc21. The van der Waals surface area contributed by atoms with Gasteiger partial charge in [-0.25, -0.2) is 0 Å². The second-order valence-corrected chi connectivity index (χ2v) is 5.46.